The molecule has 0 unspecified atom stereocenters. The van der Waals surface area contributed by atoms with E-state index in [-0.39, 0.29) is 11.2 Å². The Hall–Kier alpha value is -5.24. The molecule has 0 aliphatic heterocycles. The van der Waals surface area contributed by atoms with E-state index in [9.17, 15) is 14.7 Å². The van der Waals surface area contributed by atoms with E-state index in [4.69, 9.17) is 9.15 Å². The Morgan fingerprint density at radius 3 is 2.40 bits per heavy atom. The smallest absolute Gasteiger partial charge is 0.344 e. The van der Waals surface area contributed by atoms with Crippen LogP contribution in [0.5, 0.6) is 11.5 Å². The number of hydrogen-bond acceptors (Lipinski definition) is 5. The highest BCUT2D eigenvalue weighted by Crippen LogP contribution is 2.34. The summed E-state index contributed by atoms with van der Waals surface area (Å²) >= 11 is 0. The van der Waals surface area contributed by atoms with Gasteiger partial charge in [0, 0.05) is 5.39 Å². The Morgan fingerprint density at radius 1 is 0.850 bits per heavy atom. The first-order chi connectivity index (χ1) is 19.2. The fourth-order valence-electron chi connectivity index (χ4n) is 4.97. The minimum Gasteiger partial charge on any atom is -0.506 e. The molecule has 3 heterocycles. The Morgan fingerprint density at radius 2 is 1.62 bits per heavy atom. The van der Waals surface area contributed by atoms with E-state index in [0.29, 0.717) is 33.5 Å². The molecule has 40 heavy (non-hydrogen) atoms. The third-order valence-electron chi connectivity index (χ3n) is 7.21. The van der Waals surface area contributed by atoms with Gasteiger partial charge in [0.2, 0.25) is 0 Å². The standard InChI is InChI=1S/C32H25N3O5/c1-32(2,3)22-10-13-28(36)27(18-22)35-33-25-12-9-20(17-26(25)34(33)35)30(37)39-23-11-14-29-21(15-23)16-24(31(38)40-29)19-7-5-4-6-8-19/h4-18,36H,1-3H3. The maximum atomic E-state index is 13.1. The maximum Gasteiger partial charge on any atom is 0.344 e. The summed E-state index contributed by atoms with van der Waals surface area (Å²) in [4.78, 5) is 27.4. The van der Waals surface area contributed by atoms with E-state index >= 15 is 0 Å². The van der Waals surface area contributed by atoms with Crippen LogP contribution < -0.4 is 10.4 Å². The molecule has 0 aliphatic rings. The van der Waals surface area contributed by atoms with Crippen molar-refractivity contribution in [2.24, 2.45) is 0 Å². The van der Waals surface area contributed by atoms with Crippen LogP contribution in [-0.2, 0) is 5.41 Å². The lowest BCUT2D eigenvalue weighted by atomic mass is 9.87. The Bertz CT molecular complexity index is 2120. The molecule has 3 aromatic heterocycles. The fraction of sp³-hybridized carbons (Fsp3) is 0.125. The quantitative estimate of drug-likeness (QED) is 0.161. The predicted molar refractivity (Wildman–Crippen MR) is 152 cm³/mol. The monoisotopic (exact) mass is 531 g/mol. The van der Waals surface area contributed by atoms with Gasteiger partial charge in [0.05, 0.1) is 11.1 Å². The van der Waals surface area contributed by atoms with Crippen molar-refractivity contribution < 1.29 is 19.1 Å². The average Bonchev–Trinajstić information content (AvgIpc) is 3.60. The highest BCUT2D eigenvalue weighted by atomic mass is 16.5. The van der Waals surface area contributed by atoms with Gasteiger partial charge in [-0.2, -0.15) is 0 Å². The number of phenolic OH excluding ortho intramolecular Hbond substituents is 1. The van der Waals surface area contributed by atoms with E-state index in [0.717, 1.165) is 22.2 Å². The molecule has 8 heteroatoms. The number of aromatic hydroxyl groups is 1. The fourth-order valence-corrected chi connectivity index (χ4v) is 4.97. The maximum absolute atomic E-state index is 13.1. The zero-order chi connectivity index (χ0) is 27.8. The van der Waals surface area contributed by atoms with Crippen molar-refractivity contribution >= 4 is 28.0 Å². The van der Waals surface area contributed by atoms with Crippen LogP contribution in [0.2, 0.25) is 0 Å². The van der Waals surface area contributed by atoms with Crippen molar-refractivity contribution in [1.29, 1.82) is 0 Å². The van der Waals surface area contributed by atoms with Crippen LogP contribution in [0.25, 0.3) is 38.8 Å². The van der Waals surface area contributed by atoms with E-state index in [1.54, 1.807) is 42.5 Å². The summed E-state index contributed by atoms with van der Waals surface area (Å²) in [6, 6.07) is 26.9. The molecule has 198 valence electrons. The van der Waals surface area contributed by atoms with Gasteiger partial charge in [0.25, 0.3) is 0 Å². The Labute approximate surface area is 228 Å². The summed E-state index contributed by atoms with van der Waals surface area (Å²) in [5.74, 6) is 0.00897. The average molecular weight is 532 g/mol. The normalized spacial score (nSPS) is 12.2. The second-order valence-electron chi connectivity index (χ2n) is 10.9. The molecule has 0 fully saturated rings. The molecular weight excluding hydrogens is 506 g/mol. The number of carbonyl (C=O) groups excluding carboxylic acids is 1. The molecule has 4 aromatic carbocycles. The van der Waals surface area contributed by atoms with Crippen LogP contribution in [0, 0.1) is 0 Å². The number of ether oxygens (including phenoxy) is 1. The van der Waals surface area contributed by atoms with Gasteiger partial charge in [-0.15, -0.1) is 14.1 Å². The van der Waals surface area contributed by atoms with Crippen LogP contribution in [0.4, 0.5) is 0 Å². The second-order valence-corrected chi connectivity index (χ2v) is 10.9. The molecule has 8 nitrogen and oxygen atoms in total. The van der Waals surface area contributed by atoms with Crippen LogP contribution in [0.1, 0.15) is 36.7 Å². The molecule has 0 bridgehead atoms. The zero-order valence-electron chi connectivity index (χ0n) is 22.1. The molecule has 0 spiro atoms. The minimum absolute atomic E-state index is 0.0663. The molecular formula is C32H25N3O5. The third-order valence-corrected chi connectivity index (χ3v) is 7.21. The number of aromatic nitrogens is 3. The van der Waals surface area contributed by atoms with Crippen molar-refractivity contribution in [3.63, 3.8) is 0 Å². The van der Waals surface area contributed by atoms with Crippen LogP contribution in [0.15, 0.2) is 100 Å². The second kappa shape index (κ2) is 8.38. The molecule has 0 radical (unpaired) electrons. The topological polar surface area (TPSA) is 90.5 Å². The SMILES string of the molecule is CC(C)(C)c1ccc(O)c(-n2n3c4ccc(C(=O)Oc5ccc6oc(=O)c(-c7ccccc7)cc6c5)cc4n23)c1. The number of nitrogens with zero attached hydrogens (tertiary/aromatic N) is 3. The lowest BCUT2D eigenvalue weighted by Crippen LogP contribution is -2.11. The third kappa shape index (κ3) is 3.76. The van der Waals surface area contributed by atoms with E-state index in [2.05, 4.69) is 20.8 Å². The van der Waals surface area contributed by atoms with E-state index in [1.165, 1.54) is 0 Å². The lowest BCUT2D eigenvalue weighted by Gasteiger charge is -2.19. The number of benzene rings is 4. The Balaban J connectivity index is 1.18. The highest BCUT2D eigenvalue weighted by molar-refractivity contribution is 5.96. The van der Waals surface area contributed by atoms with Gasteiger partial charge in [0.1, 0.15) is 33.8 Å². The molecule has 0 aliphatic carbocycles. The minimum atomic E-state index is -0.507. The first-order valence-corrected chi connectivity index (χ1v) is 12.9. The van der Waals surface area contributed by atoms with E-state index in [1.807, 2.05) is 62.6 Å². The predicted octanol–water partition coefficient (Wildman–Crippen LogP) is 6.42. The number of hydrogen-bond donors (Lipinski definition) is 1. The summed E-state index contributed by atoms with van der Waals surface area (Å²) in [5.41, 5.74) is 5.02. The highest BCUT2D eigenvalue weighted by Gasteiger charge is 2.28. The van der Waals surface area contributed by atoms with E-state index < -0.39 is 11.6 Å². The number of fused-ring (bicyclic) bond motifs is 5. The Kier molecular flexibility index (Phi) is 4.99. The van der Waals surface area contributed by atoms with Crippen LogP contribution in [-0.4, -0.2) is 25.1 Å². The van der Waals surface area contributed by atoms with Gasteiger partial charge in [-0.25, -0.2) is 9.59 Å². The molecule has 0 saturated heterocycles. The van der Waals surface area contributed by atoms with Crippen LogP contribution in [0.3, 0.4) is 0 Å². The number of rotatable bonds is 4. The van der Waals surface area contributed by atoms with Crippen molar-refractivity contribution in [3.8, 4) is 28.3 Å². The molecule has 0 atom stereocenters. The zero-order valence-corrected chi connectivity index (χ0v) is 22.1. The van der Waals surface area contributed by atoms with Gasteiger partial charge >= 0.3 is 11.6 Å². The summed E-state index contributed by atoms with van der Waals surface area (Å²) < 4.78 is 15.0. The summed E-state index contributed by atoms with van der Waals surface area (Å²) in [7, 11) is 0. The lowest BCUT2D eigenvalue weighted by molar-refractivity contribution is 0.0735. The number of esters is 1. The molecule has 0 saturated carbocycles. The number of phenols is 1. The van der Waals surface area contributed by atoms with Gasteiger partial charge < -0.3 is 14.3 Å². The summed E-state index contributed by atoms with van der Waals surface area (Å²) in [6.45, 7) is 6.38. The first kappa shape index (κ1) is 23.8. The molecule has 7 aromatic rings. The molecule has 7 rings (SSSR count). The van der Waals surface area contributed by atoms with Gasteiger partial charge in [0.15, 0.2) is 0 Å². The molecule has 1 N–H and O–H groups in total. The van der Waals surface area contributed by atoms with Crippen molar-refractivity contribution in [2.45, 2.75) is 26.2 Å². The van der Waals surface area contributed by atoms with Gasteiger partial charge in [-0.1, -0.05) is 57.2 Å². The van der Waals surface area contributed by atoms with Crippen molar-refractivity contribution in [2.75, 3.05) is 0 Å². The van der Waals surface area contributed by atoms with Crippen LogP contribution >= 0.6 is 0 Å². The summed E-state index contributed by atoms with van der Waals surface area (Å²) in [6.07, 6.45) is 0. The molecule has 0 amide bonds. The van der Waals surface area contributed by atoms with Gasteiger partial charge in [-0.3, -0.25) is 0 Å². The number of carbonyl (C=O) groups is 1. The van der Waals surface area contributed by atoms with Crippen molar-refractivity contribution in [1.82, 2.24) is 14.1 Å². The van der Waals surface area contributed by atoms with Crippen molar-refractivity contribution in [3.05, 3.63) is 113 Å². The summed E-state index contributed by atoms with van der Waals surface area (Å²) in [5, 5.41) is 11.2. The largest absolute Gasteiger partial charge is 0.506 e. The first-order valence-electron chi connectivity index (χ1n) is 12.9. The van der Waals surface area contributed by atoms with Gasteiger partial charge in [-0.05, 0) is 71.1 Å².